The molecule has 0 aliphatic carbocycles. The first kappa shape index (κ1) is 14.1. The van der Waals surface area contributed by atoms with Crippen LogP contribution in [0.1, 0.15) is 18.3 Å². The first-order valence-electron chi connectivity index (χ1n) is 6.10. The molecule has 4 nitrogen and oxygen atoms in total. The van der Waals surface area contributed by atoms with Gasteiger partial charge in [0.1, 0.15) is 0 Å². The molecule has 0 spiro atoms. The molecule has 0 amide bonds. The van der Waals surface area contributed by atoms with Gasteiger partial charge in [-0.15, -0.1) is 0 Å². The lowest BCUT2D eigenvalue weighted by molar-refractivity contribution is 0.103. The summed E-state index contributed by atoms with van der Waals surface area (Å²) in [6.07, 6.45) is 0. The Labute approximate surface area is 104 Å². The van der Waals surface area contributed by atoms with Crippen LogP contribution in [0.15, 0.2) is 18.2 Å². The Morgan fingerprint density at radius 1 is 1.29 bits per heavy atom. The van der Waals surface area contributed by atoms with Crippen LogP contribution in [0.25, 0.3) is 0 Å². The van der Waals surface area contributed by atoms with Gasteiger partial charge in [0.2, 0.25) is 0 Å². The van der Waals surface area contributed by atoms with E-state index in [1.807, 2.05) is 32.3 Å². The van der Waals surface area contributed by atoms with E-state index in [-0.39, 0.29) is 0 Å². The number of aromatic nitrogens is 1. The molecule has 0 radical (unpaired) electrons. The zero-order chi connectivity index (χ0) is 12.5. The summed E-state index contributed by atoms with van der Waals surface area (Å²) in [5.74, 6) is 0. The van der Waals surface area contributed by atoms with Gasteiger partial charge in [-0.05, 0) is 32.8 Å². The topological polar surface area (TPSA) is 37.4 Å². The van der Waals surface area contributed by atoms with Crippen LogP contribution in [0.2, 0.25) is 0 Å². The maximum Gasteiger partial charge on any atom is 0.0888 e. The van der Waals surface area contributed by atoms with E-state index in [1.54, 1.807) is 0 Å². The number of nitrogens with zero attached hydrogens (tertiary/aromatic N) is 2. The number of nitrogens with one attached hydrogen (secondary N) is 1. The molecule has 0 aliphatic rings. The van der Waals surface area contributed by atoms with Crippen LogP contribution in [-0.2, 0) is 17.9 Å². The van der Waals surface area contributed by atoms with Crippen molar-refractivity contribution in [2.24, 2.45) is 0 Å². The van der Waals surface area contributed by atoms with Crippen molar-refractivity contribution in [1.29, 1.82) is 0 Å². The van der Waals surface area contributed by atoms with Crippen molar-refractivity contribution in [2.45, 2.75) is 20.1 Å². The first-order valence-corrected chi connectivity index (χ1v) is 6.10. The summed E-state index contributed by atoms with van der Waals surface area (Å²) in [4.78, 5) is 6.63. The third-order valence-electron chi connectivity index (χ3n) is 2.35. The van der Waals surface area contributed by atoms with E-state index in [0.717, 1.165) is 37.6 Å². The summed E-state index contributed by atoms with van der Waals surface area (Å²) in [5, 5.41) is 3.26. The number of rotatable bonds is 8. The fraction of sp³-hybridized carbons (Fsp3) is 0.615. The van der Waals surface area contributed by atoms with Gasteiger partial charge in [-0.2, -0.15) is 0 Å². The van der Waals surface area contributed by atoms with E-state index in [4.69, 9.17) is 4.74 Å². The van der Waals surface area contributed by atoms with Crippen LogP contribution < -0.4 is 5.32 Å². The Hall–Kier alpha value is -0.970. The van der Waals surface area contributed by atoms with E-state index in [9.17, 15) is 0 Å². The van der Waals surface area contributed by atoms with E-state index >= 15 is 0 Å². The van der Waals surface area contributed by atoms with Gasteiger partial charge in [0, 0.05) is 13.1 Å². The molecule has 1 N–H and O–H groups in total. The second-order valence-electron chi connectivity index (χ2n) is 4.26. The van der Waals surface area contributed by atoms with E-state index in [0.29, 0.717) is 6.61 Å². The standard InChI is InChI=1S/C13H23N3O/c1-4-14-10-12-6-5-7-13(15-12)11-17-9-8-16(2)3/h5-7,14H,4,8-11H2,1-3H3. The predicted octanol–water partition coefficient (Wildman–Crippen LogP) is 1.27. The molecule has 0 aliphatic heterocycles. The number of pyridine rings is 1. The Morgan fingerprint density at radius 2 is 2.06 bits per heavy atom. The summed E-state index contributed by atoms with van der Waals surface area (Å²) in [6.45, 7) is 6.15. The molecule has 0 atom stereocenters. The summed E-state index contributed by atoms with van der Waals surface area (Å²) < 4.78 is 5.57. The highest BCUT2D eigenvalue weighted by atomic mass is 16.5. The number of hydrogen-bond acceptors (Lipinski definition) is 4. The molecule has 0 saturated heterocycles. The van der Waals surface area contributed by atoms with Gasteiger partial charge < -0.3 is 15.0 Å². The molecular formula is C13H23N3O. The fourth-order valence-corrected chi connectivity index (χ4v) is 1.39. The van der Waals surface area contributed by atoms with Crippen molar-refractivity contribution in [3.8, 4) is 0 Å². The summed E-state index contributed by atoms with van der Waals surface area (Å²) in [6, 6.07) is 6.07. The molecule has 1 aromatic rings. The van der Waals surface area contributed by atoms with Crippen LogP contribution in [0, 0.1) is 0 Å². The Bertz CT molecular complexity index is 315. The minimum atomic E-state index is 0.591. The molecule has 0 bridgehead atoms. The van der Waals surface area contributed by atoms with Gasteiger partial charge in [-0.1, -0.05) is 13.0 Å². The zero-order valence-electron chi connectivity index (χ0n) is 11.1. The second kappa shape index (κ2) is 8.17. The number of ether oxygens (including phenoxy) is 1. The second-order valence-corrected chi connectivity index (χ2v) is 4.26. The third-order valence-corrected chi connectivity index (χ3v) is 2.35. The predicted molar refractivity (Wildman–Crippen MR) is 69.8 cm³/mol. The van der Waals surface area contributed by atoms with E-state index in [2.05, 4.69) is 22.1 Å². The number of likely N-dealkylation sites (N-methyl/N-ethyl adjacent to an activating group) is 1. The van der Waals surface area contributed by atoms with Crippen LogP contribution in [0.3, 0.4) is 0 Å². The van der Waals surface area contributed by atoms with E-state index < -0.39 is 0 Å². The fourth-order valence-electron chi connectivity index (χ4n) is 1.39. The van der Waals surface area contributed by atoms with Crippen LogP contribution in [0.4, 0.5) is 0 Å². The van der Waals surface area contributed by atoms with Crippen molar-refractivity contribution >= 4 is 0 Å². The molecule has 0 aromatic carbocycles. The highest BCUT2D eigenvalue weighted by Crippen LogP contribution is 2.01. The van der Waals surface area contributed by atoms with Crippen molar-refractivity contribution in [3.63, 3.8) is 0 Å². The van der Waals surface area contributed by atoms with Crippen molar-refractivity contribution in [1.82, 2.24) is 15.2 Å². The normalized spacial score (nSPS) is 11.1. The number of hydrogen-bond donors (Lipinski definition) is 1. The molecule has 96 valence electrons. The molecule has 0 unspecified atom stereocenters. The largest absolute Gasteiger partial charge is 0.374 e. The van der Waals surface area contributed by atoms with Crippen molar-refractivity contribution in [2.75, 3.05) is 33.8 Å². The molecule has 0 saturated carbocycles. The molecular weight excluding hydrogens is 214 g/mol. The molecule has 17 heavy (non-hydrogen) atoms. The SMILES string of the molecule is CCNCc1cccc(COCCN(C)C)n1. The van der Waals surface area contributed by atoms with Crippen molar-refractivity contribution in [3.05, 3.63) is 29.6 Å². The summed E-state index contributed by atoms with van der Waals surface area (Å²) >= 11 is 0. The molecule has 0 fully saturated rings. The van der Waals surface area contributed by atoms with Crippen molar-refractivity contribution < 1.29 is 4.74 Å². The van der Waals surface area contributed by atoms with Crippen LogP contribution in [0.5, 0.6) is 0 Å². The minimum Gasteiger partial charge on any atom is -0.374 e. The highest BCUT2D eigenvalue weighted by molar-refractivity contribution is 5.10. The van der Waals surface area contributed by atoms with Crippen LogP contribution in [-0.4, -0.2) is 43.7 Å². The van der Waals surface area contributed by atoms with Gasteiger partial charge >= 0.3 is 0 Å². The average Bonchev–Trinajstić information content (AvgIpc) is 2.32. The lowest BCUT2D eigenvalue weighted by Crippen LogP contribution is -2.18. The van der Waals surface area contributed by atoms with Gasteiger partial charge in [0.25, 0.3) is 0 Å². The van der Waals surface area contributed by atoms with Gasteiger partial charge in [0.15, 0.2) is 0 Å². The lowest BCUT2D eigenvalue weighted by atomic mass is 10.3. The molecule has 1 heterocycles. The maximum absolute atomic E-state index is 5.57. The van der Waals surface area contributed by atoms with Crippen LogP contribution >= 0.6 is 0 Å². The Kier molecular flexibility index (Phi) is 6.77. The average molecular weight is 237 g/mol. The smallest absolute Gasteiger partial charge is 0.0888 e. The lowest BCUT2D eigenvalue weighted by Gasteiger charge is -2.10. The van der Waals surface area contributed by atoms with Gasteiger partial charge in [0.05, 0.1) is 24.6 Å². The minimum absolute atomic E-state index is 0.591. The monoisotopic (exact) mass is 237 g/mol. The van der Waals surface area contributed by atoms with E-state index in [1.165, 1.54) is 0 Å². The summed E-state index contributed by atoms with van der Waals surface area (Å²) in [5.41, 5.74) is 2.07. The summed E-state index contributed by atoms with van der Waals surface area (Å²) in [7, 11) is 4.08. The maximum atomic E-state index is 5.57. The quantitative estimate of drug-likeness (QED) is 0.691. The zero-order valence-corrected chi connectivity index (χ0v) is 11.1. The van der Waals surface area contributed by atoms with Gasteiger partial charge in [-0.3, -0.25) is 4.98 Å². The third kappa shape index (κ3) is 6.36. The Balaban J connectivity index is 2.32. The molecule has 4 heteroatoms. The molecule has 1 rings (SSSR count). The highest BCUT2D eigenvalue weighted by Gasteiger charge is 1.98. The van der Waals surface area contributed by atoms with Gasteiger partial charge in [-0.25, -0.2) is 0 Å². The molecule has 1 aromatic heterocycles. The Morgan fingerprint density at radius 3 is 2.76 bits per heavy atom. The first-order chi connectivity index (χ1) is 8.22.